The lowest BCUT2D eigenvalue weighted by Crippen LogP contribution is -2.41. The fourth-order valence-corrected chi connectivity index (χ4v) is 4.46. The number of primary amides is 2. The first kappa shape index (κ1) is 23.1. The molecule has 0 radical (unpaired) electrons. The van der Waals surface area contributed by atoms with Crippen LogP contribution in [0.2, 0.25) is 0 Å². The van der Waals surface area contributed by atoms with Crippen molar-refractivity contribution in [1.82, 2.24) is 4.90 Å². The maximum Gasteiger partial charge on any atom is 0.350 e. The fourth-order valence-electron chi connectivity index (χ4n) is 3.47. The van der Waals surface area contributed by atoms with Crippen molar-refractivity contribution in [3.63, 3.8) is 0 Å². The molecule has 1 fully saturated rings. The summed E-state index contributed by atoms with van der Waals surface area (Å²) in [6.45, 7) is 2.15. The maximum absolute atomic E-state index is 13.0. The Labute approximate surface area is 188 Å². The average Bonchev–Trinajstić information content (AvgIpc) is 2.97. The van der Waals surface area contributed by atoms with Gasteiger partial charge in [0.25, 0.3) is 0 Å². The first-order chi connectivity index (χ1) is 15.2. The Morgan fingerprint density at radius 1 is 1.12 bits per heavy atom. The number of esters is 1. The number of rotatable bonds is 5. The Morgan fingerprint density at radius 3 is 2.59 bits per heavy atom. The third kappa shape index (κ3) is 5.97. The zero-order valence-electron chi connectivity index (χ0n) is 17.6. The lowest BCUT2D eigenvalue weighted by Gasteiger charge is -2.22. The maximum atomic E-state index is 13.0. The van der Waals surface area contributed by atoms with Crippen LogP contribution in [0.3, 0.4) is 0 Å². The van der Waals surface area contributed by atoms with Gasteiger partial charge in [-0.2, -0.15) is 0 Å². The lowest BCUT2D eigenvalue weighted by atomic mass is 10.1. The van der Waals surface area contributed by atoms with Gasteiger partial charge in [0.05, 0.1) is 12.2 Å². The topological polar surface area (TPSA) is 157 Å². The van der Waals surface area contributed by atoms with Gasteiger partial charge >= 0.3 is 18.0 Å². The summed E-state index contributed by atoms with van der Waals surface area (Å²) < 4.78 is 5.66. The Hall–Kier alpha value is -3.60. The number of urea groups is 2. The third-order valence-electron chi connectivity index (χ3n) is 4.86. The Bertz CT molecular complexity index is 1040. The van der Waals surface area contributed by atoms with E-state index in [0.717, 1.165) is 29.7 Å². The van der Waals surface area contributed by atoms with Crippen molar-refractivity contribution in [1.29, 1.82) is 0 Å². The quantitative estimate of drug-likeness (QED) is 0.506. The van der Waals surface area contributed by atoms with Crippen LogP contribution in [-0.2, 0) is 9.53 Å². The monoisotopic (exact) mass is 459 g/mol. The number of carbonyl (C=O) groups is 4. The number of nitrogens with zero attached hydrogens (tertiary/aromatic N) is 1. The van der Waals surface area contributed by atoms with Crippen LogP contribution < -0.4 is 22.1 Å². The highest BCUT2D eigenvalue weighted by atomic mass is 32.1. The van der Waals surface area contributed by atoms with E-state index in [2.05, 4.69) is 10.6 Å². The van der Waals surface area contributed by atoms with Crippen LogP contribution >= 0.6 is 11.3 Å². The van der Waals surface area contributed by atoms with Crippen molar-refractivity contribution in [2.75, 3.05) is 23.7 Å². The van der Waals surface area contributed by atoms with E-state index >= 15 is 0 Å². The molecule has 1 unspecified atom stereocenters. The summed E-state index contributed by atoms with van der Waals surface area (Å²) in [7, 11) is 0. The molecule has 0 bridgehead atoms. The number of anilines is 2. The smallest absolute Gasteiger partial charge is 0.350 e. The van der Waals surface area contributed by atoms with Crippen LogP contribution in [0.25, 0.3) is 10.4 Å². The summed E-state index contributed by atoms with van der Waals surface area (Å²) in [5.74, 6) is -0.832. The molecule has 1 aliphatic rings. The van der Waals surface area contributed by atoms with Crippen molar-refractivity contribution in [2.45, 2.75) is 32.3 Å². The van der Waals surface area contributed by atoms with Crippen molar-refractivity contribution >= 4 is 46.7 Å². The van der Waals surface area contributed by atoms with Gasteiger partial charge < -0.3 is 31.7 Å². The van der Waals surface area contributed by atoms with E-state index in [-0.39, 0.29) is 23.0 Å². The van der Waals surface area contributed by atoms with Gasteiger partial charge in [-0.1, -0.05) is 12.1 Å². The molecule has 0 spiro atoms. The van der Waals surface area contributed by atoms with Crippen LogP contribution in [0.1, 0.15) is 35.9 Å². The van der Waals surface area contributed by atoms with Crippen molar-refractivity contribution in [3.05, 3.63) is 35.2 Å². The summed E-state index contributed by atoms with van der Waals surface area (Å²) in [6, 6.07) is 7.34. The minimum absolute atomic E-state index is 0.179. The number of likely N-dealkylation sites (tertiary alicyclic amines) is 1. The van der Waals surface area contributed by atoms with Gasteiger partial charge in [-0.15, -0.1) is 11.3 Å². The van der Waals surface area contributed by atoms with Gasteiger partial charge in [-0.25, -0.2) is 14.4 Å². The number of thiophene rings is 1. The number of ether oxygens (including phenoxy) is 1. The highest BCUT2D eigenvalue weighted by molar-refractivity contribution is 7.18. The van der Waals surface area contributed by atoms with Crippen LogP contribution in [0.15, 0.2) is 30.3 Å². The van der Waals surface area contributed by atoms with Crippen molar-refractivity contribution in [3.8, 4) is 10.4 Å². The zero-order valence-corrected chi connectivity index (χ0v) is 18.4. The Balaban J connectivity index is 1.86. The number of nitrogens with two attached hydrogens (primary N) is 2. The van der Waals surface area contributed by atoms with Gasteiger partial charge in [0.1, 0.15) is 11.0 Å². The minimum atomic E-state index is -0.815. The Morgan fingerprint density at radius 2 is 1.91 bits per heavy atom. The molecule has 0 saturated carbocycles. The number of benzene rings is 1. The van der Waals surface area contributed by atoms with Gasteiger partial charge in [-0.3, -0.25) is 4.79 Å². The molecule has 10 nitrogen and oxygen atoms in total. The van der Waals surface area contributed by atoms with Crippen LogP contribution in [-0.4, -0.2) is 48.0 Å². The van der Waals surface area contributed by atoms with E-state index in [9.17, 15) is 19.2 Å². The molecule has 32 heavy (non-hydrogen) atoms. The number of carbonyl (C=O) groups excluding carboxylic acids is 4. The molecule has 1 saturated heterocycles. The average molecular weight is 460 g/mol. The summed E-state index contributed by atoms with van der Waals surface area (Å²) in [6.07, 6.45) is 1.66. The zero-order chi connectivity index (χ0) is 23.3. The fraction of sp³-hybridized carbons (Fsp3) is 0.333. The predicted octanol–water partition coefficient (Wildman–Crippen LogP) is 2.95. The molecule has 0 aliphatic carbocycles. The molecule has 6 N–H and O–H groups in total. The lowest BCUT2D eigenvalue weighted by molar-refractivity contribution is -0.114. The molecule has 2 aromatic rings. The second-order valence-electron chi connectivity index (χ2n) is 7.41. The first-order valence-electron chi connectivity index (χ1n) is 10.1. The van der Waals surface area contributed by atoms with Gasteiger partial charge in [0, 0.05) is 24.0 Å². The second kappa shape index (κ2) is 10.1. The summed E-state index contributed by atoms with van der Waals surface area (Å²) in [4.78, 5) is 49.7. The molecular weight excluding hydrogens is 434 g/mol. The van der Waals surface area contributed by atoms with Crippen LogP contribution in [0.4, 0.5) is 21.0 Å². The molecule has 1 aliphatic heterocycles. The van der Waals surface area contributed by atoms with E-state index in [1.54, 1.807) is 24.3 Å². The van der Waals surface area contributed by atoms with Gasteiger partial charge in [0.2, 0.25) is 5.91 Å². The standard InChI is InChI=1S/C21H25N5O5S/c1-12(27)24-14-6-4-5-13(9-14)17-10-16(25-20(22)29)18(32-17)19(28)31-15-7-2-3-8-26(11-15)21(23)30/h4-6,9-10,15H,2-3,7-8,11H2,1H3,(H2,23,30)(H,24,27)(H3,22,25,29). The Kier molecular flexibility index (Phi) is 7.31. The molecule has 11 heteroatoms. The molecule has 170 valence electrons. The van der Waals surface area contributed by atoms with E-state index < -0.39 is 24.1 Å². The number of hydrogen-bond acceptors (Lipinski definition) is 6. The number of amides is 5. The van der Waals surface area contributed by atoms with E-state index in [0.29, 0.717) is 23.5 Å². The molecule has 2 heterocycles. The molecule has 3 rings (SSSR count). The SMILES string of the molecule is CC(=O)Nc1cccc(-c2cc(NC(N)=O)c(C(=O)OC3CCCCN(C(N)=O)C3)s2)c1. The number of nitrogens with one attached hydrogen (secondary N) is 2. The van der Waals surface area contributed by atoms with E-state index in [1.807, 2.05) is 6.07 Å². The summed E-state index contributed by atoms with van der Waals surface area (Å²) in [5.41, 5.74) is 12.2. The van der Waals surface area contributed by atoms with Gasteiger partial charge in [-0.05, 0) is 43.0 Å². The highest BCUT2D eigenvalue weighted by Crippen LogP contribution is 2.36. The van der Waals surface area contributed by atoms with Crippen LogP contribution in [0, 0.1) is 0 Å². The summed E-state index contributed by atoms with van der Waals surface area (Å²) in [5, 5.41) is 5.17. The minimum Gasteiger partial charge on any atom is -0.456 e. The molecule has 1 aromatic heterocycles. The molecular formula is C21H25N5O5S. The van der Waals surface area contributed by atoms with Gasteiger partial charge in [0.15, 0.2) is 0 Å². The molecule has 1 aromatic carbocycles. The van der Waals surface area contributed by atoms with E-state index in [1.165, 1.54) is 11.8 Å². The van der Waals surface area contributed by atoms with Crippen molar-refractivity contribution < 1.29 is 23.9 Å². The van der Waals surface area contributed by atoms with Crippen molar-refractivity contribution in [2.24, 2.45) is 11.5 Å². The third-order valence-corrected chi connectivity index (χ3v) is 6.02. The first-order valence-corrected chi connectivity index (χ1v) is 10.9. The number of hydrogen-bond donors (Lipinski definition) is 4. The molecule has 1 atom stereocenters. The molecule has 5 amide bonds. The highest BCUT2D eigenvalue weighted by Gasteiger charge is 2.26. The normalized spacial score (nSPS) is 16.0. The van der Waals surface area contributed by atoms with Crippen LogP contribution in [0.5, 0.6) is 0 Å². The van der Waals surface area contributed by atoms with E-state index in [4.69, 9.17) is 16.2 Å². The second-order valence-corrected chi connectivity index (χ2v) is 8.46. The predicted molar refractivity (Wildman–Crippen MR) is 121 cm³/mol. The largest absolute Gasteiger partial charge is 0.456 e. The summed E-state index contributed by atoms with van der Waals surface area (Å²) >= 11 is 1.13.